The molecule has 0 amide bonds. The summed E-state index contributed by atoms with van der Waals surface area (Å²) in [5.41, 5.74) is 3.56. The number of nitrogens with one attached hydrogen (secondary N) is 3. The molecule has 0 fully saturated rings. The summed E-state index contributed by atoms with van der Waals surface area (Å²) in [6, 6.07) is 19.3. The van der Waals surface area contributed by atoms with Gasteiger partial charge in [0.2, 0.25) is 0 Å². The highest BCUT2D eigenvalue weighted by Gasteiger charge is 2.15. The van der Waals surface area contributed by atoms with Crippen LogP contribution in [0.25, 0.3) is 17.0 Å². The molecule has 2 aromatic carbocycles. The Morgan fingerprint density at radius 2 is 2.00 bits per heavy atom. The molecule has 168 valence electrons. The van der Waals surface area contributed by atoms with Gasteiger partial charge in [-0.05, 0) is 42.3 Å². The monoisotopic (exact) mass is 484 g/mol. The number of allylic oxidation sites excluding steroid dienone is 1. The fraction of sp³-hybridized carbons (Fsp3) is 0.0400. The summed E-state index contributed by atoms with van der Waals surface area (Å²) in [5, 5.41) is 23.0. The molecular weight excluding hydrogens is 464 g/mol. The lowest BCUT2D eigenvalue weighted by Crippen LogP contribution is -2.07. The highest BCUT2D eigenvalue weighted by atomic mass is 32.2. The summed E-state index contributed by atoms with van der Waals surface area (Å²) in [4.78, 5) is 9.62. The van der Waals surface area contributed by atoms with Crippen molar-refractivity contribution in [2.75, 3.05) is 11.8 Å². The van der Waals surface area contributed by atoms with E-state index in [0.717, 1.165) is 26.8 Å². The number of pyridine rings is 1. The highest BCUT2D eigenvalue weighted by Crippen LogP contribution is 2.35. The van der Waals surface area contributed by atoms with Gasteiger partial charge in [-0.15, -0.1) is 11.3 Å². The third kappa shape index (κ3) is 5.43. The molecule has 0 aliphatic rings. The third-order valence-corrected chi connectivity index (χ3v) is 6.33. The van der Waals surface area contributed by atoms with Gasteiger partial charge in [0.05, 0.1) is 17.5 Å². The number of hydrogen-bond acceptors (Lipinski definition) is 9. The molecule has 0 atom stereocenters. The van der Waals surface area contributed by atoms with Crippen LogP contribution in [0.15, 0.2) is 83.3 Å². The maximum Gasteiger partial charge on any atom is 0.192 e. The van der Waals surface area contributed by atoms with Gasteiger partial charge in [-0.2, -0.15) is 5.26 Å². The van der Waals surface area contributed by atoms with Crippen LogP contribution in [-0.2, 0) is 0 Å². The Hall–Kier alpha value is -4.13. The zero-order valence-corrected chi connectivity index (χ0v) is 19.8. The molecule has 0 unspecified atom stereocenters. The second-order valence-corrected chi connectivity index (χ2v) is 8.62. The third-order valence-electron chi connectivity index (χ3n) is 4.73. The van der Waals surface area contributed by atoms with Crippen LogP contribution in [0.2, 0.25) is 0 Å². The Bertz CT molecular complexity index is 1350. The molecule has 4 aromatic rings. The molecule has 3 N–H and O–H groups in total. The molecule has 7 nitrogen and oxygen atoms in total. The number of benzene rings is 2. The van der Waals surface area contributed by atoms with Crippen molar-refractivity contribution >= 4 is 40.3 Å². The molecule has 0 aliphatic heterocycles. The van der Waals surface area contributed by atoms with Gasteiger partial charge in [0.15, 0.2) is 10.9 Å². The van der Waals surface area contributed by atoms with Crippen molar-refractivity contribution in [3.8, 4) is 28.8 Å². The number of nitrogens with zero attached hydrogens (tertiary/aromatic N) is 3. The molecule has 2 heterocycles. The van der Waals surface area contributed by atoms with Crippen LogP contribution in [0.1, 0.15) is 11.1 Å². The largest absolute Gasteiger partial charge is 0.454 e. The van der Waals surface area contributed by atoms with Crippen LogP contribution >= 0.6 is 23.3 Å². The average Bonchev–Trinajstić information content (AvgIpc) is 3.41. The number of anilines is 1. The van der Waals surface area contributed by atoms with E-state index in [1.54, 1.807) is 37.7 Å². The molecule has 9 heteroatoms. The van der Waals surface area contributed by atoms with Crippen molar-refractivity contribution in [1.29, 1.82) is 10.7 Å². The van der Waals surface area contributed by atoms with E-state index in [1.165, 1.54) is 29.5 Å². The second-order valence-electron chi connectivity index (χ2n) is 6.84. The summed E-state index contributed by atoms with van der Waals surface area (Å²) in [5.74, 6) is 0.891. The van der Waals surface area contributed by atoms with Crippen LogP contribution in [0, 0.1) is 16.7 Å². The number of rotatable bonds is 9. The van der Waals surface area contributed by atoms with E-state index in [9.17, 15) is 5.26 Å². The summed E-state index contributed by atoms with van der Waals surface area (Å²) < 4.78 is 9.33. The summed E-state index contributed by atoms with van der Waals surface area (Å²) >= 11 is 2.88. The Labute approximate surface area is 205 Å². The fourth-order valence-corrected chi connectivity index (χ4v) is 4.40. The molecule has 2 aromatic heterocycles. The van der Waals surface area contributed by atoms with E-state index in [-0.39, 0.29) is 0 Å². The molecule has 0 saturated carbocycles. The standard InChI is InChI=1S/C25H20N6OS2/c1-28-21(9-10-26)20-14-22(17-5-3-2-4-6-17)30-16-24(20)32-23-8-7-19(13-18(23)15-27)34-31-25-29-11-12-33-25/h2-14,16,26,28H,1H3,(H,29,31)/b21-9-,26-10?. The number of aromatic nitrogens is 2. The lowest BCUT2D eigenvalue weighted by Gasteiger charge is -2.16. The first kappa shape index (κ1) is 23.0. The average molecular weight is 485 g/mol. The normalized spacial score (nSPS) is 10.9. The van der Waals surface area contributed by atoms with Crippen LogP contribution in [0.4, 0.5) is 5.13 Å². The van der Waals surface area contributed by atoms with Crippen molar-refractivity contribution in [3.05, 3.63) is 89.6 Å². The van der Waals surface area contributed by atoms with Gasteiger partial charge in [0.1, 0.15) is 11.8 Å². The van der Waals surface area contributed by atoms with Crippen LogP contribution < -0.4 is 14.8 Å². The van der Waals surface area contributed by atoms with Gasteiger partial charge in [-0.1, -0.05) is 30.3 Å². The Balaban J connectivity index is 1.66. The smallest absolute Gasteiger partial charge is 0.192 e. The summed E-state index contributed by atoms with van der Waals surface area (Å²) in [7, 11) is 1.78. The lowest BCUT2D eigenvalue weighted by atomic mass is 10.1. The quantitative estimate of drug-likeness (QED) is 0.192. The predicted molar refractivity (Wildman–Crippen MR) is 138 cm³/mol. The lowest BCUT2D eigenvalue weighted by molar-refractivity contribution is 0.476. The molecule has 4 rings (SSSR count). The van der Waals surface area contributed by atoms with Crippen LogP contribution in [0.3, 0.4) is 0 Å². The number of hydrogen-bond donors (Lipinski definition) is 3. The molecule has 0 bridgehead atoms. The van der Waals surface area contributed by atoms with E-state index in [0.29, 0.717) is 22.8 Å². The van der Waals surface area contributed by atoms with E-state index in [4.69, 9.17) is 10.1 Å². The Kier molecular flexibility index (Phi) is 7.55. The maximum absolute atomic E-state index is 9.74. The van der Waals surface area contributed by atoms with E-state index < -0.39 is 0 Å². The van der Waals surface area contributed by atoms with Crippen molar-refractivity contribution in [1.82, 2.24) is 15.3 Å². The van der Waals surface area contributed by atoms with Gasteiger partial charge in [-0.25, -0.2) is 4.98 Å². The molecule has 34 heavy (non-hydrogen) atoms. The summed E-state index contributed by atoms with van der Waals surface area (Å²) in [6.45, 7) is 0. The topological polar surface area (TPSA) is 107 Å². The van der Waals surface area contributed by atoms with Gasteiger partial charge in [-0.3, -0.25) is 4.98 Å². The first-order valence-corrected chi connectivity index (χ1v) is 11.9. The van der Waals surface area contributed by atoms with Crippen molar-refractivity contribution in [3.63, 3.8) is 0 Å². The Morgan fingerprint density at radius 3 is 2.71 bits per heavy atom. The zero-order valence-electron chi connectivity index (χ0n) is 18.1. The molecule has 0 saturated heterocycles. The minimum atomic E-state index is 0.395. The zero-order chi connectivity index (χ0) is 23.8. The van der Waals surface area contributed by atoms with Crippen LogP contribution in [0.5, 0.6) is 11.5 Å². The summed E-state index contributed by atoms with van der Waals surface area (Å²) in [6.07, 6.45) is 6.22. The number of thiazole rings is 1. The molecule has 0 spiro atoms. The first-order chi connectivity index (χ1) is 16.7. The van der Waals surface area contributed by atoms with E-state index in [1.807, 2.05) is 47.8 Å². The predicted octanol–water partition coefficient (Wildman–Crippen LogP) is 6.20. The minimum Gasteiger partial charge on any atom is -0.454 e. The van der Waals surface area contributed by atoms with E-state index in [2.05, 4.69) is 26.1 Å². The van der Waals surface area contributed by atoms with Gasteiger partial charge >= 0.3 is 0 Å². The second kappa shape index (κ2) is 11.1. The van der Waals surface area contributed by atoms with Crippen molar-refractivity contribution in [2.24, 2.45) is 0 Å². The first-order valence-electron chi connectivity index (χ1n) is 10.2. The molecule has 0 radical (unpaired) electrons. The fourth-order valence-electron chi connectivity index (χ4n) is 3.14. The van der Waals surface area contributed by atoms with Crippen molar-refractivity contribution < 1.29 is 4.74 Å². The highest BCUT2D eigenvalue weighted by molar-refractivity contribution is 8.00. The number of nitriles is 1. The van der Waals surface area contributed by atoms with Crippen LogP contribution in [-0.4, -0.2) is 23.2 Å². The number of ether oxygens (including phenoxy) is 1. The molecular formula is C25H20N6OS2. The van der Waals surface area contributed by atoms with E-state index >= 15 is 0 Å². The SMILES string of the molecule is CN/C(=C\C=N)c1cc(-c2ccccc2)ncc1Oc1ccc(SNc2nccs2)cc1C#N. The maximum atomic E-state index is 9.74. The van der Waals surface area contributed by atoms with Crippen molar-refractivity contribution in [2.45, 2.75) is 4.90 Å². The molecule has 0 aliphatic carbocycles. The van der Waals surface area contributed by atoms with Gasteiger partial charge < -0.3 is 20.2 Å². The van der Waals surface area contributed by atoms with Gasteiger partial charge in [0.25, 0.3) is 0 Å². The minimum absolute atomic E-state index is 0.395. The Morgan fingerprint density at radius 1 is 1.15 bits per heavy atom. The van der Waals surface area contributed by atoms with Gasteiger partial charge in [0, 0.05) is 46.6 Å².